The lowest BCUT2D eigenvalue weighted by atomic mass is 9.96. The van der Waals surface area contributed by atoms with E-state index in [9.17, 15) is 9.59 Å². The predicted octanol–water partition coefficient (Wildman–Crippen LogP) is 5.43. The van der Waals surface area contributed by atoms with Gasteiger partial charge in [-0.15, -0.1) is 5.54 Å². The fourth-order valence-electron chi connectivity index (χ4n) is 4.70. The van der Waals surface area contributed by atoms with Crippen LogP contribution in [0.15, 0.2) is 60.7 Å². The molecule has 1 heterocycles. The molecule has 0 amide bonds. The van der Waals surface area contributed by atoms with Crippen LogP contribution in [-0.2, 0) is 46.5 Å². The second-order valence-electron chi connectivity index (χ2n) is 9.85. The minimum absolute atomic E-state index is 0.0332. The van der Waals surface area contributed by atoms with Gasteiger partial charge in [-0.25, -0.2) is 0 Å². The maximum atomic E-state index is 12.2. The van der Waals surface area contributed by atoms with E-state index in [-0.39, 0.29) is 13.2 Å². The van der Waals surface area contributed by atoms with E-state index in [0.29, 0.717) is 6.61 Å². The zero-order valence-electron chi connectivity index (χ0n) is 23.6. The molecule has 210 valence electrons. The summed E-state index contributed by atoms with van der Waals surface area (Å²) in [6.45, 7) is 9.70. The molecule has 1 aliphatic rings. The fraction of sp³-hybridized carbons (Fsp3) is 0.484. The number of carbonyl (C=O) groups is 2. The Labute approximate surface area is 233 Å². The van der Waals surface area contributed by atoms with Crippen molar-refractivity contribution in [1.29, 1.82) is 0 Å². The Morgan fingerprint density at radius 2 is 1.38 bits per heavy atom. The first-order valence-electron chi connectivity index (χ1n) is 13.6. The van der Waals surface area contributed by atoms with Crippen molar-refractivity contribution >= 4 is 20.0 Å². The summed E-state index contributed by atoms with van der Waals surface area (Å²) in [6.07, 6.45) is -3.08. The van der Waals surface area contributed by atoms with Gasteiger partial charge < -0.3 is 23.7 Å². The van der Waals surface area contributed by atoms with E-state index in [1.165, 1.54) is 13.8 Å². The topological polar surface area (TPSA) is 80.3 Å². The zero-order chi connectivity index (χ0) is 28.3. The number of hydrogen-bond acceptors (Lipinski definition) is 7. The van der Waals surface area contributed by atoms with E-state index in [0.717, 1.165) is 29.3 Å². The molecule has 0 bridgehead atoms. The van der Waals surface area contributed by atoms with Crippen LogP contribution in [0.1, 0.15) is 45.7 Å². The molecule has 4 atom stereocenters. The summed E-state index contributed by atoms with van der Waals surface area (Å²) in [6, 6.07) is 22.4. The Kier molecular flexibility index (Phi) is 11.3. The number of rotatable bonds is 12. The number of esters is 2. The number of benzene rings is 2. The molecule has 0 radical (unpaired) electrons. The molecule has 0 unspecified atom stereocenters. The van der Waals surface area contributed by atoms with Gasteiger partial charge in [-0.3, -0.25) is 9.59 Å². The van der Waals surface area contributed by atoms with Crippen LogP contribution in [0.2, 0.25) is 18.1 Å². The van der Waals surface area contributed by atoms with E-state index < -0.39 is 44.1 Å². The largest absolute Gasteiger partial charge is 0.453 e. The standard InChI is InChI=1S/C31H40O7Si/c1-6-39(7-2,8-3)20-19-31(23-34-21-26-15-11-9-12-16-26)29(35-22-27-17-13-10-14-18-27)28(36-24(4)32)30(38-31)37-25(5)33/h9-18,28-30H,6-8,21-23H2,1-5H3/t28-,29+,30+,31-/m1/s1. The van der Waals surface area contributed by atoms with E-state index >= 15 is 0 Å². The van der Waals surface area contributed by atoms with Gasteiger partial charge in [0, 0.05) is 13.8 Å². The minimum atomic E-state index is -1.93. The van der Waals surface area contributed by atoms with Gasteiger partial charge in [0.25, 0.3) is 0 Å². The molecule has 8 heteroatoms. The molecular weight excluding hydrogens is 512 g/mol. The minimum Gasteiger partial charge on any atom is -0.453 e. The van der Waals surface area contributed by atoms with Crippen molar-refractivity contribution in [3.8, 4) is 11.5 Å². The van der Waals surface area contributed by atoms with E-state index in [1.807, 2.05) is 60.7 Å². The van der Waals surface area contributed by atoms with Gasteiger partial charge in [0.1, 0.15) is 14.2 Å². The Balaban J connectivity index is 2.06. The second kappa shape index (κ2) is 14.4. The molecule has 3 rings (SSSR count). The molecular formula is C31H40O7Si. The average molecular weight is 553 g/mol. The predicted molar refractivity (Wildman–Crippen MR) is 151 cm³/mol. The third kappa shape index (κ3) is 8.26. The summed E-state index contributed by atoms with van der Waals surface area (Å²) in [5.74, 6) is 2.32. The Hall–Kier alpha value is -2.96. The highest BCUT2D eigenvalue weighted by molar-refractivity contribution is 6.87. The summed E-state index contributed by atoms with van der Waals surface area (Å²) in [4.78, 5) is 24.2. The zero-order valence-corrected chi connectivity index (χ0v) is 24.6. The van der Waals surface area contributed by atoms with Crippen molar-refractivity contribution in [3.05, 3.63) is 71.8 Å². The molecule has 0 saturated carbocycles. The van der Waals surface area contributed by atoms with Gasteiger partial charge in [-0.05, 0) is 29.3 Å². The van der Waals surface area contributed by atoms with Crippen LogP contribution >= 0.6 is 0 Å². The maximum absolute atomic E-state index is 12.2. The molecule has 1 saturated heterocycles. The molecule has 0 N–H and O–H groups in total. The molecule has 0 aromatic heterocycles. The van der Waals surface area contributed by atoms with Crippen molar-refractivity contribution in [2.24, 2.45) is 0 Å². The normalized spacial score (nSPS) is 22.5. The van der Waals surface area contributed by atoms with Crippen LogP contribution in [0.5, 0.6) is 0 Å². The molecule has 0 aliphatic carbocycles. The fourth-order valence-corrected chi connectivity index (χ4v) is 7.21. The second-order valence-corrected chi connectivity index (χ2v) is 14.8. The van der Waals surface area contributed by atoms with Crippen molar-refractivity contribution < 1.29 is 33.3 Å². The first kappa shape index (κ1) is 30.6. The Morgan fingerprint density at radius 1 is 0.846 bits per heavy atom. The van der Waals surface area contributed by atoms with Crippen molar-refractivity contribution in [3.63, 3.8) is 0 Å². The van der Waals surface area contributed by atoms with Gasteiger partial charge in [-0.1, -0.05) is 87.4 Å². The molecule has 7 nitrogen and oxygen atoms in total. The molecule has 1 fully saturated rings. The van der Waals surface area contributed by atoms with Gasteiger partial charge in [0.15, 0.2) is 11.7 Å². The average Bonchev–Trinajstić information content (AvgIpc) is 3.20. The molecule has 2 aromatic rings. The quantitative estimate of drug-likeness (QED) is 0.197. The summed E-state index contributed by atoms with van der Waals surface area (Å²) >= 11 is 0. The monoisotopic (exact) mass is 552 g/mol. The SMILES string of the molecule is CC[Si](C#C[C@]1(COCc2ccccc2)O[C@H](OC(C)=O)[C@H](OC(C)=O)[C@@H]1OCc1ccccc1)(CC)CC. The highest BCUT2D eigenvalue weighted by Gasteiger charge is 2.59. The number of carbonyl (C=O) groups excluding carboxylic acids is 2. The Bertz CT molecular complexity index is 1120. The number of hydrogen-bond donors (Lipinski definition) is 0. The maximum Gasteiger partial charge on any atom is 0.305 e. The Morgan fingerprint density at radius 3 is 1.90 bits per heavy atom. The van der Waals surface area contributed by atoms with Crippen LogP contribution in [-0.4, -0.2) is 50.7 Å². The molecule has 39 heavy (non-hydrogen) atoms. The van der Waals surface area contributed by atoms with Gasteiger partial charge in [-0.2, -0.15) is 0 Å². The van der Waals surface area contributed by atoms with E-state index in [4.69, 9.17) is 23.7 Å². The smallest absolute Gasteiger partial charge is 0.305 e. The lowest BCUT2D eigenvalue weighted by molar-refractivity contribution is -0.203. The van der Waals surface area contributed by atoms with Crippen LogP contribution < -0.4 is 0 Å². The van der Waals surface area contributed by atoms with Crippen LogP contribution in [0.25, 0.3) is 0 Å². The molecule has 1 aliphatic heterocycles. The van der Waals surface area contributed by atoms with Crippen LogP contribution in [0.4, 0.5) is 0 Å². The lowest BCUT2D eigenvalue weighted by Gasteiger charge is -2.31. The number of ether oxygens (including phenoxy) is 5. The third-order valence-electron chi connectivity index (χ3n) is 7.21. The van der Waals surface area contributed by atoms with Crippen molar-refractivity contribution in [2.75, 3.05) is 6.61 Å². The highest BCUT2D eigenvalue weighted by atomic mass is 28.3. The van der Waals surface area contributed by atoms with Crippen LogP contribution in [0, 0.1) is 11.5 Å². The van der Waals surface area contributed by atoms with Gasteiger partial charge >= 0.3 is 11.9 Å². The van der Waals surface area contributed by atoms with Crippen molar-refractivity contribution in [2.45, 2.75) is 90.1 Å². The first-order valence-corrected chi connectivity index (χ1v) is 16.2. The molecule has 2 aromatic carbocycles. The van der Waals surface area contributed by atoms with Crippen molar-refractivity contribution in [1.82, 2.24) is 0 Å². The first-order chi connectivity index (χ1) is 18.8. The van der Waals surface area contributed by atoms with Gasteiger partial charge in [0.05, 0.1) is 19.8 Å². The summed E-state index contributed by atoms with van der Waals surface area (Å²) in [7, 11) is -1.93. The van der Waals surface area contributed by atoms with E-state index in [2.05, 4.69) is 32.2 Å². The lowest BCUT2D eigenvalue weighted by Crippen LogP contribution is -2.49. The van der Waals surface area contributed by atoms with E-state index in [1.54, 1.807) is 0 Å². The summed E-state index contributed by atoms with van der Waals surface area (Å²) in [5.41, 5.74) is 4.21. The van der Waals surface area contributed by atoms with Gasteiger partial charge in [0.2, 0.25) is 6.29 Å². The summed E-state index contributed by atoms with van der Waals surface area (Å²) in [5, 5.41) is 0. The highest BCUT2D eigenvalue weighted by Crippen LogP contribution is 2.38. The summed E-state index contributed by atoms with van der Waals surface area (Å²) < 4.78 is 30.2. The third-order valence-corrected chi connectivity index (χ3v) is 11.9. The molecule has 0 spiro atoms. The van der Waals surface area contributed by atoms with Crippen LogP contribution in [0.3, 0.4) is 0 Å².